The van der Waals surface area contributed by atoms with Gasteiger partial charge in [0.2, 0.25) is 0 Å². The highest BCUT2D eigenvalue weighted by molar-refractivity contribution is 5.96. The maximum atomic E-state index is 12.6. The van der Waals surface area contributed by atoms with Gasteiger partial charge in [0, 0.05) is 31.5 Å². The summed E-state index contributed by atoms with van der Waals surface area (Å²) >= 11 is 0. The van der Waals surface area contributed by atoms with Gasteiger partial charge in [0.25, 0.3) is 5.91 Å². The first kappa shape index (κ1) is 14.5. The molecule has 20 heavy (non-hydrogen) atoms. The quantitative estimate of drug-likeness (QED) is 0.780. The Balaban J connectivity index is 2.18. The van der Waals surface area contributed by atoms with Gasteiger partial charge >= 0.3 is 0 Å². The van der Waals surface area contributed by atoms with Crippen molar-refractivity contribution in [2.75, 3.05) is 33.7 Å². The molecular formula is C15H20N4O. The molecule has 1 aliphatic heterocycles. The molecule has 0 radical (unpaired) electrons. The Morgan fingerprint density at radius 1 is 1.60 bits per heavy atom. The minimum absolute atomic E-state index is 0.0260. The normalized spacial score (nSPS) is 18.0. The first-order chi connectivity index (χ1) is 9.63. The van der Waals surface area contributed by atoms with Gasteiger partial charge in [-0.25, -0.2) is 0 Å². The molecule has 106 valence electrons. The summed E-state index contributed by atoms with van der Waals surface area (Å²) in [7, 11) is 4.09. The number of carbonyl (C=O) groups excluding carboxylic acids is 1. The second-order valence-electron chi connectivity index (χ2n) is 5.08. The fourth-order valence-corrected chi connectivity index (χ4v) is 2.34. The lowest BCUT2D eigenvalue weighted by Crippen LogP contribution is -2.34. The standard InChI is InChI=1S/C15H20N4O/c1-18(2)13-6-9-19(11-13)15(20)14-5-8-17-10-12(14)4-3-7-16/h5,8,10,13H,6-7,9,11,16H2,1-2H3. The lowest BCUT2D eigenvalue weighted by molar-refractivity contribution is 0.0782. The van der Waals surface area contributed by atoms with Crippen molar-refractivity contribution in [1.82, 2.24) is 14.8 Å². The van der Waals surface area contributed by atoms with Crippen LogP contribution < -0.4 is 5.73 Å². The summed E-state index contributed by atoms with van der Waals surface area (Å²) in [4.78, 5) is 20.7. The minimum atomic E-state index is 0.0260. The monoisotopic (exact) mass is 272 g/mol. The van der Waals surface area contributed by atoms with Crippen LogP contribution in [0.5, 0.6) is 0 Å². The number of likely N-dealkylation sites (tertiary alicyclic amines) is 1. The Bertz CT molecular complexity index is 544. The molecule has 1 atom stereocenters. The third kappa shape index (κ3) is 3.16. The zero-order valence-corrected chi connectivity index (χ0v) is 12.0. The predicted molar refractivity (Wildman–Crippen MR) is 78.2 cm³/mol. The summed E-state index contributed by atoms with van der Waals surface area (Å²) < 4.78 is 0. The molecule has 1 unspecified atom stereocenters. The van der Waals surface area contributed by atoms with Crippen molar-refractivity contribution in [3.63, 3.8) is 0 Å². The molecule has 0 aromatic carbocycles. The number of aromatic nitrogens is 1. The van der Waals surface area contributed by atoms with E-state index in [4.69, 9.17) is 5.73 Å². The van der Waals surface area contributed by atoms with Crippen molar-refractivity contribution in [2.24, 2.45) is 5.73 Å². The van der Waals surface area contributed by atoms with Crippen LogP contribution in [0.4, 0.5) is 0 Å². The zero-order chi connectivity index (χ0) is 14.5. The molecule has 0 spiro atoms. The van der Waals surface area contributed by atoms with Crippen LogP contribution in [-0.2, 0) is 0 Å². The van der Waals surface area contributed by atoms with Gasteiger partial charge in [0.1, 0.15) is 0 Å². The number of amides is 1. The molecule has 1 aliphatic rings. The summed E-state index contributed by atoms with van der Waals surface area (Å²) in [6.45, 7) is 1.82. The summed E-state index contributed by atoms with van der Waals surface area (Å²) in [5.74, 6) is 5.72. The molecule has 1 saturated heterocycles. The number of nitrogens with two attached hydrogens (primary N) is 1. The lowest BCUT2D eigenvalue weighted by Gasteiger charge is -2.20. The molecule has 1 aromatic heterocycles. The molecule has 2 N–H and O–H groups in total. The van der Waals surface area contributed by atoms with Crippen molar-refractivity contribution in [2.45, 2.75) is 12.5 Å². The second-order valence-corrected chi connectivity index (χ2v) is 5.08. The molecule has 2 rings (SSSR count). The van der Waals surface area contributed by atoms with Crippen LogP contribution in [-0.4, -0.2) is 60.5 Å². The molecule has 1 amide bonds. The van der Waals surface area contributed by atoms with Crippen LogP contribution in [0.3, 0.4) is 0 Å². The van der Waals surface area contributed by atoms with Gasteiger partial charge in [0.15, 0.2) is 0 Å². The van der Waals surface area contributed by atoms with Crippen molar-refractivity contribution >= 4 is 5.91 Å². The van der Waals surface area contributed by atoms with Crippen molar-refractivity contribution in [1.29, 1.82) is 0 Å². The average molecular weight is 272 g/mol. The van der Waals surface area contributed by atoms with Crippen LogP contribution in [0.1, 0.15) is 22.3 Å². The van der Waals surface area contributed by atoms with Crippen LogP contribution >= 0.6 is 0 Å². The van der Waals surface area contributed by atoms with E-state index in [1.165, 1.54) is 0 Å². The van der Waals surface area contributed by atoms with Gasteiger partial charge in [-0.05, 0) is 26.6 Å². The number of likely N-dealkylation sites (N-methyl/N-ethyl adjacent to an activating group) is 1. The highest BCUT2D eigenvalue weighted by Crippen LogP contribution is 2.17. The highest BCUT2D eigenvalue weighted by atomic mass is 16.2. The Kier molecular flexibility index (Phi) is 4.72. The zero-order valence-electron chi connectivity index (χ0n) is 12.0. The van der Waals surface area contributed by atoms with Crippen molar-refractivity contribution < 1.29 is 4.79 Å². The molecule has 1 fully saturated rings. The van der Waals surface area contributed by atoms with Gasteiger partial charge in [-0.15, -0.1) is 0 Å². The summed E-state index contributed by atoms with van der Waals surface area (Å²) in [5, 5.41) is 0. The van der Waals surface area contributed by atoms with E-state index >= 15 is 0 Å². The topological polar surface area (TPSA) is 62.5 Å². The number of hydrogen-bond acceptors (Lipinski definition) is 4. The van der Waals surface area contributed by atoms with E-state index in [-0.39, 0.29) is 12.5 Å². The Labute approximate surface area is 119 Å². The Hall–Kier alpha value is -1.90. The largest absolute Gasteiger partial charge is 0.337 e. The fourth-order valence-electron chi connectivity index (χ4n) is 2.34. The predicted octanol–water partition coefficient (Wildman–Crippen LogP) is 0.168. The third-order valence-corrected chi connectivity index (χ3v) is 3.56. The molecule has 5 nitrogen and oxygen atoms in total. The second kappa shape index (κ2) is 6.51. The van der Waals surface area contributed by atoms with E-state index < -0.39 is 0 Å². The SMILES string of the molecule is CN(C)C1CCN(C(=O)c2ccncc2C#CCN)C1. The Morgan fingerprint density at radius 3 is 3.05 bits per heavy atom. The first-order valence-electron chi connectivity index (χ1n) is 6.72. The number of carbonyl (C=O) groups is 1. The average Bonchev–Trinajstić information content (AvgIpc) is 2.94. The van der Waals surface area contributed by atoms with E-state index in [9.17, 15) is 4.79 Å². The van der Waals surface area contributed by atoms with E-state index in [1.54, 1.807) is 18.5 Å². The van der Waals surface area contributed by atoms with E-state index in [0.717, 1.165) is 19.5 Å². The van der Waals surface area contributed by atoms with Crippen molar-refractivity contribution in [3.8, 4) is 11.8 Å². The van der Waals surface area contributed by atoms with Crippen LogP contribution in [0.2, 0.25) is 0 Å². The Morgan fingerprint density at radius 2 is 2.40 bits per heavy atom. The van der Waals surface area contributed by atoms with Gasteiger partial charge in [0.05, 0.1) is 17.7 Å². The minimum Gasteiger partial charge on any atom is -0.337 e. The van der Waals surface area contributed by atoms with E-state index in [2.05, 4.69) is 21.7 Å². The molecule has 0 bridgehead atoms. The molecule has 0 saturated carbocycles. The van der Waals surface area contributed by atoms with Crippen LogP contribution in [0.25, 0.3) is 0 Å². The molecule has 5 heteroatoms. The maximum Gasteiger partial charge on any atom is 0.255 e. The fraction of sp³-hybridized carbons (Fsp3) is 0.467. The lowest BCUT2D eigenvalue weighted by atomic mass is 10.1. The van der Waals surface area contributed by atoms with Crippen LogP contribution in [0.15, 0.2) is 18.5 Å². The first-order valence-corrected chi connectivity index (χ1v) is 6.72. The molecular weight excluding hydrogens is 252 g/mol. The number of hydrogen-bond donors (Lipinski definition) is 1. The summed E-state index contributed by atoms with van der Waals surface area (Å²) in [5.41, 5.74) is 6.64. The van der Waals surface area contributed by atoms with E-state index in [1.807, 2.05) is 19.0 Å². The molecule has 2 heterocycles. The van der Waals surface area contributed by atoms with Gasteiger partial charge < -0.3 is 15.5 Å². The highest BCUT2D eigenvalue weighted by Gasteiger charge is 2.28. The summed E-state index contributed by atoms with van der Waals surface area (Å²) in [6.07, 6.45) is 4.25. The van der Waals surface area contributed by atoms with Gasteiger partial charge in [-0.3, -0.25) is 9.78 Å². The number of nitrogens with zero attached hydrogens (tertiary/aromatic N) is 3. The molecule has 0 aliphatic carbocycles. The van der Waals surface area contributed by atoms with E-state index in [0.29, 0.717) is 17.2 Å². The van der Waals surface area contributed by atoms with Gasteiger partial charge in [-0.2, -0.15) is 0 Å². The molecule has 1 aromatic rings. The maximum absolute atomic E-state index is 12.6. The smallest absolute Gasteiger partial charge is 0.255 e. The number of pyridine rings is 1. The number of rotatable bonds is 2. The third-order valence-electron chi connectivity index (χ3n) is 3.56. The summed E-state index contributed by atoms with van der Waals surface area (Å²) in [6, 6.07) is 2.16. The van der Waals surface area contributed by atoms with Gasteiger partial charge in [-0.1, -0.05) is 11.8 Å². The van der Waals surface area contributed by atoms with Crippen molar-refractivity contribution in [3.05, 3.63) is 29.6 Å². The van der Waals surface area contributed by atoms with Crippen LogP contribution in [0, 0.1) is 11.8 Å².